The van der Waals surface area contributed by atoms with Crippen LogP contribution in [0, 0.1) is 6.92 Å². The Kier molecular flexibility index (Phi) is 8.82. The van der Waals surface area contributed by atoms with Crippen molar-refractivity contribution >= 4 is 53.1 Å². The lowest BCUT2D eigenvalue weighted by atomic mass is 10.1. The number of aryl methyl sites for hydroxylation is 1. The molecule has 3 rings (SSSR count). The van der Waals surface area contributed by atoms with E-state index in [0.29, 0.717) is 22.6 Å². The number of nitrogens with one attached hydrogen (secondary N) is 2. The summed E-state index contributed by atoms with van der Waals surface area (Å²) in [5.74, 6) is 2.49. The molecule has 1 saturated carbocycles. The lowest BCUT2D eigenvalue weighted by Crippen LogP contribution is -2.43. The van der Waals surface area contributed by atoms with E-state index in [1.807, 2.05) is 36.7 Å². The fourth-order valence-corrected chi connectivity index (χ4v) is 3.51. The Balaban J connectivity index is 0.00000280. The maximum atomic E-state index is 6.17. The Morgan fingerprint density at radius 3 is 2.57 bits per heavy atom. The monoisotopic (exact) mass is 536 g/mol. The van der Waals surface area contributed by atoms with E-state index in [-0.39, 0.29) is 30.0 Å². The molecule has 0 spiro atoms. The van der Waals surface area contributed by atoms with E-state index < -0.39 is 0 Å². The van der Waals surface area contributed by atoms with Crippen LogP contribution in [0.5, 0.6) is 0 Å². The molecule has 0 amide bonds. The molecule has 28 heavy (non-hydrogen) atoms. The summed E-state index contributed by atoms with van der Waals surface area (Å²) in [5, 5.41) is 16.5. The molecule has 0 radical (unpaired) electrons. The minimum absolute atomic E-state index is 0. The van der Waals surface area contributed by atoms with Gasteiger partial charge in [-0.25, -0.2) is 4.99 Å². The maximum Gasteiger partial charge on any atom is 0.192 e. The first-order chi connectivity index (χ1) is 12.9. The van der Waals surface area contributed by atoms with Crippen molar-refractivity contribution in [3.63, 3.8) is 0 Å². The van der Waals surface area contributed by atoms with E-state index in [4.69, 9.17) is 28.2 Å². The Hall–Kier alpha value is -1.06. The second-order valence-corrected chi connectivity index (χ2v) is 7.87. The van der Waals surface area contributed by atoms with Gasteiger partial charge in [-0.1, -0.05) is 42.1 Å². The zero-order valence-corrected chi connectivity index (χ0v) is 20.2. The molecule has 0 aliphatic heterocycles. The van der Waals surface area contributed by atoms with Crippen LogP contribution in [0.4, 0.5) is 0 Å². The van der Waals surface area contributed by atoms with E-state index in [1.54, 1.807) is 0 Å². The molecule has 1 aromatic carbocycles. The zero-order valence-electron chi connectivity index (χ0n) is 16.4. The molecule has 2 N–H and O–H groups in total. The predicted molar refractivity (Wildman–Crippen MR) is 126 cm³/mol. The standard InChI is InChI=1S/C19H26Cl2N6.HI/c1-12(14-8-9-16(20)17(21)10-14)23-19(24-15-6-4-5-7-15)22-11-18-26-25-13(2)27(18)3;/h8-10,12,15H,4-7,11H2,1-3H3,(H2,22,23,24);1H. The van der Waals surface area contributed by atoms with Crippen LogP contribution in [0.2, 0.25) is 10.0 Å². The molecule has 9 heteroatoms. The lowest BCUT2D eigenvalue weighted by Gasteiger charge is -2.22. The fourth-order valence-electron chi connectivity index (χ4n) is 3.21. The van der Waals surface area contributed by atoms with Crippen LogP contribution < -0.4 is 10.6 Å². The largest absolute Gasteiger partial charge is 0.354 e. The summed E-state index contributed by atoms with van der Waals surface area (Å²) in [6, 6.07) is 6.18. The predicted octanol–water partition coefficient (Wildman–Crippen LogP) is 4.79. The number of halogens is 3. The molecule has 0 bridgehead atoms. The van der Waals surface area contributed by atoms with Crippen molar-refractivity contribution in [2.75, 3.05) is 0 Å². The molecule has 1 unspecified atom stereocenters. The number of aromatic nitrogens is 3. The number of hydrogen-bond donors (Lipinski definition) is 2. The number of nitrogens with zero attached hydrogens (tertiary/aromatic N) is 4. The molecular formula is C19H27Cl2IN6. The van der Waals surface area contributed by atoms with Gasteiger partial charge in [-0.3, -0.25) is 0 Å². The molecule has 6 nitrogen and oxygen atoms in total. The molecule has 0 saturated heterocycles. The van der Waals surface area contributed by atoms with Gasteiger partial charge in [0.25, 0.3) is 0 Å². The van der Waals surface area contributed by atoms with Gasteiger partial charge in [-0.15, -0.1) is 34.2 Å². The number of rotatable bonds is 5. The lowest BCUT2D eigenvalue weighted by molar-refractivity contribution is 0.592. The minimum atomic E-state index is 0. The third-order valence-corrected chi connectivity index (χ3v) is 5.79. The van der Waals surface area contributed by atoms with Gasteiger partial charge in [0.05, 0.1) is 16.1 Å². The second-order valence-electron chi connectivity index (χ2n) is 7.05. The normalized spacial score (nSPS) is 16.0. The molecule has 1 heterocycles. The summed E-state index contributed by atoms with van der Waals surface area (Å²) in [5.41, 5.74) is 1.06. The second kappa shape index (κ2) is 10.6. The molecule has 1 aliphatic rings. The summed E-state index contributed by atoms with van der Waals surface area (Å²) >= 11 is 12.2. The van der Waals surface area contributed by atoms with Crippen molar-refractivity contribution in [1.29, 1.82) is 0 Å². The number of hydrogen-bond acceptors (Lipinski definition) is 3. The molecule has 1 aromatic heterocycles. The van der Waals surface area contributed by atoms with Gasteiger partial charge in [0, 0.05) is 13.1 Å². The summed E-state index contributed by atoms with van der Waals surface area (Å²) in [4.78, 5) is 4.75. The summed E-state index contributed by atoms with van der Waals surface area (Å²) in [6.45, 7) is 4.48. The molecule has 1 fully saturated rings. The minimum Gasteiger partial charge on any atom is -0.354 e. The highest BCUT2D eigenvalue weighted by atomic mass is 127. The van der Waals surface area contributed by atoms with Gasteiger partial charge in [-0.05, 0) is 44.4 Å². The average Bonchev–Trinajstić information content (AvgIpc) is 3.26. The first-order valence-electron chi connectivity index (χ1n) is 9.31. The highest BCUT2D eigenvalue weighted by Crippen LogP contribution is 2.25. The van der Waals surface area contributed by atoms with Crippen LogP contribution in [0.25, 0.3) is 0 Å². The van der Waals surface area contributed by atoms with Gasteiger partial charge in [0.2, 0.25) is 0 Å². The molecule has 2 aromatic rings. The summed E-state index contributed by atoms with van der Waals surface area (Å²) in [6.07, 6.45) is 4.86. The Morgan fingerprint density at radius 1 is 1.25 bits per heavy atom. The highest BCUT2D eigenvalue weighted by molar-refractivity contribution is 14.0. The third kappa shape index (κ3) is 5.97. The van der Waals surface area contributed by atoms with Crippen molar-refractivity contribution in [3.05, 3.63) is 45.5 Å². The molecule has 154 valence electrons. The van der Waals surface area contributed by atoms with Crippen molar-refractivity contribution in [2.45, 2.75) is 58.2 Å². The van der Waals surface area contributed by atoms with Crippen molar-refractivity contribution in [3.8, 4) is 0 Å². The van der Waals surface area contributed by atoms with Gasteiger partial charge in [0.1, 0.15) is 12.4 Å². The van der Waals surface area contributed by atoms with E-state index in [1.165, 1.54) is 25.7 Å². The Morgan fingerprint density at radius 2 is 1.96 bits per heavy atom. The van der Waals surface area contributed by atoms with Gasteiger partial charge in [-0.2, -0.15) is 0 Å². The molecule has 1 aliphatic carbocycles. The van der Waals surface area contributed by atoms with Gasteiger partial charge < -0.3 is 15.2 Å². The van der Waals surface area contributed by atoms with E-state index in [9.17, 15) is 0 Å². The first-order valence-corrected chi connectivity index (χ1v) is 10.1. The zero-order chi connectivity index (χ0) is 19.4. The maximum absolute atomic E-state index is 6.17. The number of benzene rings is 1. The Labute approximate surface area is 193 Å². The topological polar surface area (TPSA) is 67.1 Å². The molecule has 1 atom stereocenters. The Bertz CT molecular complexity index is 817. The smallest absolute Gasteiger partial charge is 0.192 e. The average molecular weight is 537 g/mol. The highest BCUT2D eigenvalue weighted by Gasteiger charge is 2.18. The van der Waals surface area contributed by atoms with Crippen LogP contribution in [0.3, 0.4) is 0 Å². The first kappa shape index (κ1) is 23.2. The van der Waals surface area contributed by atoms with E-state index >= 15 is 0 Å². The molecular weight excluding hydrogens is 510 g/mol. The van der Waals surface area contributed by atoms with Crippen LogP contribution in [-0.2, 0) is 13.6 Å². The number of guanidine groups is 1. The van der Waals surface area contributed by atoms with Crippen LogP contribution in [0.15, 0.2) is 23.2 Å². The van der Waals surface area contributed by atoms with E-state index in [0.717, 1.165) is 23.2 Å². The number of aliphatic imine (C=N–C) groups is 1. The summed E-state index contributed by atoms with van der Waals surface area (Å²) in [7, 11) is 1.95. The van der Waals surface area contributed by atoms with Crippen LogP contribution >= 0.6 is 47.2 Å². The van der Waals surface area contributed by atoms with Crippen molar-refractivity contribution < 1.29 is 0 Å². The van der Waals surface area contributed by atoms with Crippen molar-refractivity contribution in [2.24, 2.45) is 12.0 Å². The van der Waals surface area contributed by atoms with E-state index in [2.05, 4.69) is 27.8 Å². The quantitative estimate of drug-likeness (QED) is 0.327. The van der Waals surface area contributed by atoms with Crippen LogP contribution in [-0.4, -0.2) is 26.8 Å². The SMILES string of the molecule is Cc1nnc(CN=C(NC2CCCC2)NC(C)c2ccc(Cl)c(Cl)c2)n1C.I. The van der Waals surface area contributed by atoms with Gasteiger partial charge >= 0.3 is 0 Å². The van der Waals surface area contributed by atoms with Gasteiger partial charge in [0.15, 0.2) is 11.8 Å². The summed E-state index contributed by atoms with van der Waals surface area (Å²) < 4.78 is 1.96. The van der Waals surface area contributed by atoms with Crippen LogP contribution in [0.1, 0.15) is 55.9 Å². The third-order valence-electron chi connectivity index (χ3n) is 5.05. The van der Waals surface area contributed by atoms with Crippen molar-refractivity contribution in [1.82, 2.24) is 25.4 Å². The fraction of sp³-hybridized carbons (Fsp3) is 0.526.